The lowest BCUT2D eigenvalue weighted by atomic mass is 10.2. The maximum atomic E-state index is 12.4. The number of benzene rings is 1. The van der Waals surface area contributed by atoms with E-state index in [4.69, 9.17) is 4.74 Å². The molecule has 1 saturated heterocycles. The Morgan fingerprint density at radius 3 is 2.48 bits per heavy atom. The summed E-state index contributed by atoms with van der Waals surface area (Å²) >= 11 is 0. The minimum absolute atomic E-state index is 0.0364. The van der Waals surface area contributed by atoms with Gasteiger partial charge in [-0.15, -0.1) is 0 Å². The lowest BCUT2D eigenvalue weighted by molar-refractivity contribution is -0.126. The first-order chi connectivity index (χ1) is 12.2. The highest BCUT2D eigenvalue weighted by Crippen LogP contribution is 2.15. The molecule has 130 valence electrons. The summed E-state index contributed by atoms with van der Waals surface area (Å²) in [6.07, 6.45) is 5.05. The normalized spacial score (nSPS) is 14.8. The molecular weight excluding hydrogens is 316 g/mol. The van der Waals surface area contributed by atoms with Crippen molar-refractivity contribution in [2.75, 3.05) is 38.2 Å². The molecule has 2 aromatic rings. The van der Waals surface area contributed by atoms with Gasteiger partial charge >= 0.3 is 0 Å². The Kier molecular flexibility index (Phi) is 5.28. The number of ether oxygens (including phenoxy) is 1. The van der Waals surface area contributed by atoms with E-state index in [1.165, 1.54) is 0 Å². The van der Waals surface area contributed by atoms with Crippen LogP contribution in [0.15, 0.2) is 42.7 Å². The van der Waals surface area contributed by atoms with Gasteiger partial charge in [0.1, 0.15) is 17.9 Å². The third-order valence-corrected chi connectivity index (χ3v) is 4.24. The molecule has 1 aromatic carbocycles. The van der Waals surface area contributed by atoms with Crippen LogP contribution >= 0.6 is 0 Å². The van der Waals surface area contributed by atoms with Crippen LogP contribution in [0.5, 0.6) is 5.75 Å². The third-order valence-electron chi connectivity index (χ3n) is 4.24. The molecule has 1 amide bonds. The molecule has 1 aliphatic rings. The van der Waals surface area contributed by atoms with Gasteiger partial charge in [0.2, 0.25) is 5.91 Å². The van der Waals surface area contributed by atoms with Gasteiger partial charge in [0.25, 0.3) is 0 Å². The SMILES string of the molecule is COc1ccc(/C=C/C(=O)N2CCN(c3cc(C)ncn3)CC2)cc1. The van der Waals surface area contributed by atoms with Crippen LogP contribution in [0.3, 0.4) is 0 Å². The number of methoxy groups -OCH3 is 1. The Hall–Kier alpha value is -2.89. The van der Waals surface area contributed by atoms with Crippen molar-refractivity contribution in [3.8, 4) is 5.75 Å². The molecule has 0 aliphatic carbocycles. The molecule has 0 atom stereocenters. The largest absolute Gasteiger partial charge is 0.497 e. The summed E-state index contributed by atoms with van der Waals surface area (Å²) in [7, 11) is 1.64. The number of aromatic nitrogens is 2. The number of nitrogens with zero attached hydrogens (tertiary/aromatic N) is 4. The number of rotatable bonds is 4. The smallest absolute Gasteiger partial charge is 0.246 e. The zero-order valence-electron chi connectivity index (χ0n) is 14.6. The molecule has 25 heavy (non-hydrogen) atoms. The van der Waals surface area contributed by atoms with Crippen LogP contribution in [0.2, 0.25) is 0 Å². The van der Waals surface area contributed by atoms with E-state index in [0.29, 0.717) is 13.1 Å². The highest BCUT2D eigenvalue weighted by molar-refractivity contribution is 5.92. The molecule has 0 spiro atoms. The van der Waals surface area contributed by atoms with Gasteiger partial charge in [-0.25, -0.2) is 9.97 Å². The van der Waals surface area contributed by atoms with E-state index in [1.807, 2.05) is 48.2 Å². The second-order valence-corrected chi connectivity index (χ2v) is 5.94. The summed E-state index contributed by atoms with van der Waals surface area (Å²) in [4.78, 5) is 24.8. The van der Waals surface area contributed by atoms with Gasteiger partial charge in [-0.1, -0.05) is 12.1 Å². The monoisotopic (exact) mass is 338 g/mol. The fourth-order valence-electron chi connectivity index (χ4n) is 2.76. The van der Waals surface area contributed by atoms with Crippen LogP contribution in [-0.4, -0.2) is 54.1 Å². The fraction of sp³-hybridized carbons (Fsp3) is 0.316. The zero-order valence-corrected chi connectivity index (χ0v) is 14.6. The van der Waals surface area contributed by atoms with Crippen molar-refractivity contribution >= 4 is 17.8 Å². The number of amides is 1. The minimum atomic E-state index is 0.0364. The van der Waals surface area contributed by atoms with Crippen molar-refractivity contribution in [3.63, 3.8) is 0 Å². The first-order valence-corrected chi connectivity index (χ1v) is 8.30. The average Bonchev–Trinajstić information content (AvgIpc) is 2.66. The Labute approximate surface area is 147 Å². The van der Waals surface area contributed by atoms with E-state index in [9.17, 15) is 4.79 Å². The van der Waals surface area contributed by atoms with E-state index in [2.05, 4.69) is 14.9 Å². The molecular formula is C19H22N4O2. The van der Waals surface area contributed by atoms with Gasteiger partial charge in [-0.05, 0) is 30.7 Å². The van der Waals surface area contributed by atoms with Crippen LogP contribution in [0.1, 0.15) is 11.3 Å². The van der Waals surface area contributed by atoms with Crippen LogP contribution in [-0.2, 0) is 4.79 Å². The van der Waals surface area contributed by atoms with Gasteiger partial charge in [0.05, 0.1) is 7.11 Å². The first kappa shape index (κ1) is 17.0. The number of hydrogen-bond donors (Lipinski definition) is 0. The molecule has 0 unspecified atom stereocenters. The molecule has 0 N–H and O–H groups in total. The van der Waals surface area contributed by atoms with Gasteiger partial charge < -0.3 is 14.5 Å². The molecule has 0 bridgehead atoms. The second-order valence-electron chi connectivity index (χ2n) is 5.94. The number of carbonyl (C=O) groups excluding carboxylic acids is 1. The summed E-state index contributed by atoms with van der Waals surface area (Å²) in [6, 6.07) is 9.59. The topological polar surface area (TPSA) is 58.6 Å². The standard InChI is InChI=1S/C19H22N4O2/c1-15-13-18(21-14-20-15)22-9-11-23(12-10-22)19(24)8-5-16-3-6-17(25-2)7-4-16/h3-8,13-14H,9-12H2,1-2H3/b8-5+. The maximum absolute atomic E-state index is 12.4. The number of anilines is 1. The minimum Gasteiger partial charge on any atom is -0.497 e. The third kappa shape index (κ3) is 4.35. The van der Waals surface area contributed by atoms with Gasteiger partial charge in [0, 0.05) is 44.0 Å². The van der Waals surface area contributed by atoms with Crippen molar-refractivity contribution < 1.29 is 9.53 Å². The summed E-state index contributed by atoms with van der Waals surface area (Å²) in [5.41, 5.74) is 1.93. The number of hydrogen-bond acceptors (Lipinski definition) is 5. The number of carbonyl (C=O) groups is 1. The van der Waals surface area contributed by atoms with Crippen molar-refractivity contribution in [1.82, 2.24) is 14.9 Å². The predicted octanol–water partition coefficient (Wildman–Crippen LogP) is 2.16. The van der Waals surface area contributed by atoms with E-state index >= 15 is 0 Å². The summed E-state index contributed by atoms with van der Waals surface area (Å²) < 4.78 is 5.13. The molecule has 2 heterocycles. The van der Waals surface area contributed by atoms with E-state index in [0.717, 1.165) is 35.9 Å². The summed E-state index contributed by atoms with van der Waals surface area (Å²) in [6.45, 7) is 4.88. The van der Waals surface area contributed by atoms with E-state index in [1.54, 1.807) is 19.5 Å². The molecule has 0 radical (unpaired) electrons. The predicted molar refractivity (Wildman–Crippen MR) is 97.6 cm³/mol. The molecule has 0 saturated carbocycles. The van der Waals surface area contributed by atoms with Crippen LogP contribution in [0.4, 0.5) is 5.82 Å². The van der Waals surface area contributed by atoms with Crippen molar-refractivity contribution in [2.24, 2.45) is 0 Å². The Bertz CT molecular complexity index is 750. The molecule has 1 fully saturated rings. The van der Waals surface area contributed by atoms with E-state index in [-0.39, 0.29) is 5.91 Å². The van der Waals surface area contributed by atoms with Crippen LogP contribution < -0.4 is 9.64 Å². The van der Waals surface area contributed by atoms with Crippen molar-refractivity contribution in [2.45, 2.75) is 6.92 Å². The van der Waals surface area contributed by atoms with Gasteiger partial charge in [-0.2, -0.15) is 0 Å². The molecule has 1 aliphatic heterocycles. The van der Waals surface area contributed by atoms with Crippen LogP contribution in [0, 0.1) is 6.92 Å². The quantitative estimate of drug-likeness (QED) is 0.800. The molecule has 6 nitrogen and oxygen atoms in total. The lowest BCUT2D eigenvalue weighted by Crippen LogP contribution is -2.48. The highest BCUT2D eigenvalue weighted by atomic mass is 16.5. The zero-order chi connectivity index (χ0) is 17.6. The van der Waals surface area contributed by atoms with Crippen molar-refractivity contribution in [1.29, 1.82) is 0 Å². The second kappa shape index (κ2) is 7.79. The first-order valence-electron chi connectivity index (χ1n) is 8.30. The van der Waals surface area contributed by atoms with Gasteiger partial charge in [0.15, 0.2) is 0 Å². The Morgan fingerprint density at radius 1 is 1.12 bits per heavy atom. The average molecular weight is 338 g/mol. The highest BCUT2D eigenvalue weighted by Gasteiger charge is 2.20. The van der Waals surface area contributed by atoms with Gasteiger partial charge in [-0.3, -0.25) is 4.79 Å². The lowest BCUT2D eigenvalue weighted by Gasteiger charge is -2.34. The number of piperazine rings is 1. The molecule has 1 aromatic heterocycles. The molecule has 6 heteroatoms. The van der Waals surface area contributed by atoms with Crippen LogP contribution in [0.25, 0.3) is 6.08 Å². The summed E-state index contributed by atoms with van der Waals surface area (Å²) in [5.74, 6) is 1.77. The molecule has 3 rings (SSSR count). The Balaban J connectivity index is 1.55. The van der Waals surface area contributed by atoms with Crippen molar-refractivity contribution in [3.05, 3.63) is 54.0 Å². The fourth-order valence-corrected chi connectivity index (χ4v) is 2.76. The Morgan fingerprint density at radius 2 is 1.84 bits per heavy atom. The summed E-state index contributed by atoms with van der Waals surface area (Å²) in [5, 5.41) is 0. The number of aryl methyl sites for hydroxylation is 1. The maximum Gasteiger partial charge on any atom is 0.246 e. The van der Waals surface area contributed by atoms with E-state index < -0.39 is 0 Å².